The minimum absolute atomic E-state index is 0.0118. The number of nitrogens with zero attached hydrogens (tertiary/aromatic N) is 1. The molecule has 1 unspecified atom stereocenters. The summed E-state index contributed by atoms with van der Waals surface area (Å²) in [4.78, 5) is 2.18. The lowest BCUT2D eigenvalue weighted by atomic mass is 10.1. The monoisotopic (exact) mass is 222 g/mol. The summed E-state index contributed by atoms with van der Waals surface area (Å²) in [5.74, 6) is 0.913. The van der Waals surface area contributed by atoms with E-state index in [1.165, 1.54) is 0 Å². The maximum atomic E-state index is 8.91. The van der Waals surface area contributed by atoms with Crippen LogP contribution in [0.3, 0.4) is 0 Å². The molecule has 4 heteroatoms. The van der Waals surface area contributed by atoms with Crippen LogP contribution in [-0.4, -0.2) is 38.0 Å². The van der Waals surface area contributed by atoms with Crippen LogP contribution in [0, 0.1) is 0 Å². The van der Waals surface area contributed by atoms with Gasteiger partial charge in [0.25, 0.3) is 0 Å². The second kappa shape index (κ2) is 4.72. The summed E-state index contributed by atoms with van der Waals surface area (Å²) in [5.41, 5.74) is 7.93. The van der Waals surface area contributed by atoms with Crippen LogP contribution >= 0.6 is 0 Å². The highest BCUT2D eigenvalue weighted by Crippen LogP contribution is 2.31. The van der Waals surface area contributed by atoms with Crippen LogP contribution in [0.2, 0.25) is 0 Å². The minimum Gasteiger partial charge on any atom is -0.490 e. The van der Waals surface area contributed by atoms with Gasteiger partial charge in [-0.25, -0.2) is 0 Å². The molecule has 1 aromatic rings. The highest BCUT2D eigenvalue weighted by atomic mass is 16.5. The van der Waals surface area contributed by atoms with Crippen molar-refractivity contribution >= 4 is 5.69 Å². The minimum atomic E-state index is -0.195. The van der Waals surface area contributed by atoms with Crippen molar-refractivity contribution in [1.82, 2.24) is 0 Å². The third-order valence-corrected chi connectivity index (χ3v) is 2.85. The molecule has 0 aliphatic carbocycles. The van der Waals surface area contributed by atoms with Crippen molar-refractivity contribution in [2.75, 3.05) is 31.7 Å². The maximum absolute atomic E-state index is 8.91. The summed E-state index contributed by atoms with van der Waals surface area (Å²) >= 11 is 0. The lowest BCUT2D eigenvalue weighted by Gasteiger charge is -2.28. The summed E-state index contributed by atoms with van der Waals surface area (Å²) in [6.07, 6.45) is 0.677. The Morgan fingerprint density at radius 2 is 2.38 bits per heavy atom. The van der Waals surface area contributed by atoms with Gasteiger partial charge in [-0.3, -0.25) is 0 Å². The Morgan fingerprint density at radius 3 is 3.12 bits per heavy atom. The van der Waals surface area contributed by atoms with Crippen LogP contribution in [0.15, 0.2) is 18.2 Å². The van der Waals surface area contributed by atoms with Gasteiger partial charge < -0.3 is 20.5 Å². The summed E-state index contributed by atoms with van der Waals surface area (Å²) in [7, 11) is 2.06. The zero-order valence-corrected chi connectivity index (χ0v) is 9.52. The molecule has 1 aromatic carbocycles. The molecule has 0 spiro atoms. The highest BCUT2D eigenvalue weighted by Gasteiger charge is 2.15. The molecule has 16 heavy (non-hydrogen) atoms. The van der Waals surface area contributed by atoms with Gasteiger partial charge in [0, 0.05) is 13.1 Å². The van der Waals surface area contributed by atoms with Gasteiger partial charge in [0.1, 0.15) is 12.4 Å². The zero-order chi connectivity index (χ0) is 11.5. The lowest BCUT2D eigenvalue weighted by molar-refractivity contribution is 0.265. The predicted octanol–water partition coefficient (Wildman–Crippen LogP) is 0.377. The third kappa shape index (κ3) is 2.28. The molecule has 1 aliphatic heterocycles. The second-order valence-corrected chi connectivity index (χ2v) is 4.22. The standard InChI is InChI=1S/C12H18N2O2/c1-14-4-5-16-12-7-9(2-3-11(12)14)6-10(13)8-15/h2-3,7,10,15H,4-6,8,13H2,1H3. The highest BCUT2D eigenvalue weighted by molar-refractivity contribution is 5.60. The van der Waals surface area contributed by atoms with Crippen molar-refractivity contribution in [3.8, 4) is 5.75 Å². The van der Waals surface area contributed by atoms with E-state index >= 15 is 0 Å². The number of likely N-dealkylation sites (N-methyl/N-ethyl adjacent to an activating group) is 1. The Labute approximate surface area is 95.6 Å². The molecule has 2 rings (SSSR count). The molecule has 0 fully saturated rings. The number of anilines is 1. The number of benzene rings is 1. The molecule has 1 atom stereocenters. The maximum Gasteiger partial charge on any atom is 0.142 e. The smallest absolute Gasteiger partial charge is 0.142 e. The fourth-order valence-electron chi connectivity index (χ4n) is 1.90. The van der Waals surface area contributed by atoms with Crippen molar-refractivity contribution < 1.29 is 9.84 Å². The quantitative estimate of drug-likeness (QED) is 0.776. The average molecular weight is 222 g/mol. The van der Waals surface area contributed by atoms with Gasteiger partial charge in [-0.1, -0.05) is 6.07 Å². The average Bonchev–Trinajstić information content (AvgIpc) is 2.29. The van der Waals surface area contributed by atoms with Gasteiger partial charge >= 0.3 is 0 Å². The normalized spacial score (nSPS) is 16.6. The summed E-state index contributed by atoms with van der Waals surface area (Å²) in [6.45, 7) is 1.65. The molecular formula is C12H18N2O2. The van der Waals surface area contributed by atoms with Gasteiger partial charge in [-0.2, -0.15) is 0 Å². The molecule has 0 bridgehead atoms. The number of hydrogen-bond acceptors (Lipinski definition) is 4. The Morgan fingerprint density at radius 1 is 1.56 bits per heavy atom. The van der Waals surface area contributed by atoms with E-state index in [1.54, 1.807) is 0 Å². The predicted molar refractivity (Wildman–Crippen MR) is 64.0 cm³/mol. The molecule has 0 saturated carbocycles. The number of aliphatic hydroxyl groups is 1. The number of aliphatic hydroxyl groups excluding tert-OH is 1. The number of fused-ring (bicyclic) bond motifs is 1. The van der Waals surface area contributed by atoms with Crippen molar-refractivity contribution in [3.05, 3.63) is 23.8 Å². The van der Waals surface area contributed by atoms with Gasteiger partial charge in [0.15, 0.2) is 0 Å². The van der Waals surface area contributed by atoms with E-state index in [0.29, 0.717) is 6.42 Å². The number of ether oxygens (including phenoxy) is 1. The second-order valence-electron chi connectivity index (χ2n) is 4.22. The first-order chi connectivity index (χ1) is 7.70. The van der Waals surface area contributed by atoms with Crippen LogP contribution in [0.5, 0.6) is 5.75 Å². The molecule has 1 aliphatic rings. The Bertz CT molecular complexity index is 368. The van der Waals surface area contributed by atoms with Crippen LogP contribution in [0.25, 0.3) is 0 Å². The van der Waals surface area contributed by atoms with E-state index in [9.17, 15) is 0 Å². The van der Waals surface area contributed by atoms with Crippen LogP contribution in [0.1, 0.15) is 5.56 Å². The molecule has 0 aromatic heterocycles. The zero-order valence-electron chi connectivity index (χ0n) is 9.52. The first-order valence-electron chi connectivity index (χ1n) is 5.54. The third-order valence-electron chi connectivity index (χ3n) is 2.85. The van der Waals surface area contributed by atoms with Crippen LogP contribution < -0.4 is 15.4 Å². The fourth-order valence-corrected chi connectivity index (χ4v) is 1.90. The van der Waals surface area contributed by atoms with E-state index in [-0.39, 0.29) is 12.6 Å². The Hall–Kier alpha value is -1.26. The van der Waals surface area contributed by atoms with Gasteiger partial charge in [-0.15, -0.1) is 0 Å². The Balaban J connectivity index is 2.18. The molecule has 0 saturated heterocycles. The molecule has 3 N–H and O–H groups in total. The number of nitrogens with two attached hydrogens (primary N) is 1. The van der Waals surface area contributed by atoms with Crippen LogP contribution in [0.4, 0.5) is 5.69 Å². The topological polar surface area (TPSA) is 58.7 Å². The van der Waals surface area contributed by atoms with Crippen LogP contribution in [-0.2, 0) is 6.42 Å². The number of rotatable bonds is 3. The van der Waals surface area contributed by atoms with E-state index in [4.69, 9.17) is 15.6 Å². The summed E-state index contributed by atoms with van der Waals surface area (Å²) < 4.78 is 5.60. The SMILES string of the molecule is CN1CCOc2cc(CC(N)CO)ccc21. The molecular weight excluding hydrogens is 204 g/mol. The summed E-state index contributed by atoms with van der Waals surface area (Å²) in [5, 5.41) is 8.91. The lowest BCUT2D eigenvalue weighted by Crippen LogP contribution is -2.29. The molecule has 4 nitrogen and oxygen atoms in total. The van der Waals surface area contributed by atoms with Gasteiger partial charge in [0.2, 0.25) is 0 Å². The van der Waals surface area contributed by atoms with E-state index in [1.807, 2.05) is 18.2 Å². The fraction of sp³-hybridized carbons (Fsp3) is 0.500. The van der Waals surface area contributed by atoms with Gasteiger partial charge in [-0.05, 0) is 24.1 Å². The summed E-state index contributed by atoms with van der Waals surface area (Å²) in [6, 6.07) is 5.91. The molecule has 1 heterocycles. The molecule has 88 valence electrons. The first-order valence-corrected chi connectivity index (χ1v) is 5.54. The van der Waals surface area contributed by atoms with Crippen molar-refractivity contribution in [2.24, 2.45) is 5.73 Å². The van der Waals surface area contributed by atoms with E-state index < -0.39 is 0 Å². The molecule has 0 amide bonds. The Kier molecular flexibility index (Phi) is 3.31. The first kappa shape index (κ1) is 11.2. The largest absolute Gasteiger partial charge is 0.490 e. The molecule has 0 radical (unpaired) electrons. The van der Waals surface area contributed by atoms with E-state index in [2.05, 4.69) is 11.9 Å². The van der Waals surface area contributed by atoms with Crippen molar-refractivity contribution in [1.29, 1.82) is 0 Å². The van der Waals surface area contributed by atoms with E-state index in [0.717, 1.165) is 30.2 Å². The van der Waals surface area contributed by atoms with Gasteiger partial charge in [0.05, 0.1) is 18.8 Å². The van der Waals surface area contributed by atoms with Crippen molar-refractivity contribution in [3.63, 3.8) is 0 Å². The van der Waals surface area contributed by atoms with Crippen molar-refractivity contribution in [2.45, 2.75) is 12.5 Å². The number of hydrogen-bond donors (Lipinski definition) is 2.